The summed E-state index contributed by atoms with van der Waals surface area (Å²) in [6.45, 7) is 2.41. The standard InChI is InChI=1S/C11H16N2O2/c1-2-9(12)7-13-11(15)8-4-3-5-10(14)6-8/h3-6,9,14H,2,7,12H2,1H3,(H,13,15). The number of phenolic OH excluding ortho intramolecular Hbond substituents is 1. The molecule has 4 nitrogen and oxygen atoms in total. The molecule has 0 saturated carbocycles. The van der Waals surface area contributed by atoms with E-state index in [0.717, 1.165) is 6.42 Å². The summed E-state index contributed by atoms with van der Waals surface area (Å²) in [5.41, 5.74) is 6.11. The van der Waals surface area contributed by atoms with Gasteiger partial charge in [0.2, 0.25) is 0 Å². The largest absolute Gasteiger partial charge is 0.508 e. The molecule has 1 amide bonds. The van der Waals surface area contributed by atoms with E-state index in [1.54, 1.807) is 12.1 Å². The number of carbonyl (C=O) groups excluding carboxylic acids is 1. The summed E-state index contributed by atoms with van der Waals surface area (Å²) in [5.74, 6) is -0.128. The van der Waals surface area contributed by atoms with Gasteiger partial charge in [0.1, 0.15) is 5.75 Å². The Morgan fingerprint density at radius 2 is 2.33 bits per heavy atom. The molecule has 0 saturated heterocycles. The van der Waals surface area contributed by atoms with Gasteiger partial charge < -0.3 is 16.2 Å². The monoisotopic (exact) mass is 208 g/mol. The van der Waals surface area contributed by atoms with Gasteiger partial charge in [-0.15, -0.1) is 0 Å². The molecule has 0 aliphatic carbocycles. The van der Waals surface area contributed by atoms with Crippen LogP contribution in [-0.2, 0) is 0 Å². The average Bonchev–Trinajstić information content (AvgIpc) is 2.25. The number of phenols is 1. The molecule has 0 aliphatic heterocycles. The van der Waals surface area contributed by atoms with Crippen LogP contribution in [0.2, 0.25) is 0 Å². The topological polar surface area (TPSA) is 75.3 Å². The van der Waals surface area contributed by atoms with Crippen LogP contribution >= 0.6 is 0 Å². The third-order valence-electron chi connectivity index (χ3n) is 2.16. The Morgan fingerprint density at radius 3 is 2.93 bits per heavy atom. The van der Waals surface area contributed by atoms with Crippen molar-refractivity contribution in [3.8, 4) is 5.75 Å². The van der Waals surface area contributed by atoms with Gasteiger partial charge in [0, 0.05) is 18.2 Å². The van der Waals surface area contributed by atoms with E-state index in [1.165, 1.54) is 12.1 Å². The van der Waals surface area contributed by atoms with E-state index >= 15 is 0 Å². The Balaban J connectivity index is 2.54. The zero-order chi connectivity index (χ0) is 11.3. The number of carbonyl (C=O) groups is 1. The van der Waals surface area contributed by atoms with Crippen molar-refractivity contribution in [1.82, 2.24) is 5.32 Å². The number of rotatable bonds is 4. The minimum Gasteiger partial charge on any atom is -0.508 e. The molecular formula is C11H16N2O2. The van der Waals surface area contributed by atoms with Gasteiger partial charge in [-0.1, -0.05) is 13.0 Å². The van der Waals surface area contributed by atoms with E-state index < -0.39 is 0 Å². The summed E-state index contributed by atoms with van der Waals surface area (Å²) in [6, 6.07) is 6.20. The summed E-state index contributed by atoms with van der Waals surface area (Å²) in [7, 11) is 0. The Kier molecular flexibility index (Phi) is 4.12. The number of aromatic hydroxyl groups is 1. The van der Waals surface area contributed by atoms with Gasteiger partial charge in [-0.2, -0.15) is 0 Å². The van der Waals surface area contributed by atoms with Gasteiger partial charge in [-0.3, -0.25) is 4.79 Å². The van der Waals surface area contributed by atoms with E-state index in [2.05, 4.69) is 5.32 Å². The molecule has 0 radical (unpaired) electrons. The first kappa shape index (κ1) is 11.5. The van der Waals surface area contributed by atoms with Crippen LogP contribution in [0, 0.1) is 0 Å². The highest BCUT2D eigenvalue weighted by atomic mass is 16.3. The van der Waals surface area contributed by atoms with E-state index in [9.17, 15) is 9.90 Å². The molecule has 0 aromatic heterocycles. The van der Waals surface area contributed by atoms with Crippen molar-refractivity contribution in [2.24, 2.45) is 5.73 Å². The van der Waals surface area contributed by atoms with Gasteiger partial charge in [0.15, 0.2) is 0 Å². The Bertz CT molecular complexity index is 339. The minimum absolute atomic E-state index is 0.0220. The highest BCUT2D eigenvalue weighted by molar-refractivity contribution is 5.94. The molecule has 4 heteroatoms. The van der Waals surface area contributed by atoms with Gasteiger partial charge in [0.25, 0.3) is 5.91 Å². The first-order chi connectivity index (χ1) is 7.13. The van der Waals surface area contributed by atoms with Crippen LogP contribution in [0.1, 0.15) is 23.7 Å². The van der Waals surface area contributed by atoms with Crippen LogP contribution in [0.5, 0.6) is 5.75 Å². The maximum atomic E-state index is 11.5. The maximum absolute atomic E-state index is 11.5. The van der Waals surface area contributed by atoms with Crippen LogP contribution in [0.15, 0.2) is 24.3 Å². The van der Waals surface area contributed by atoms with Gasteiger partial charge in [-0.05, 0) is 24.6 Å². The molecule has 82 valence electrons. The van der Waals surface area contributed by atoms with Crippen LogP contribution in [0.4, 0.5) is 0 Å². The van der Waals surface area contributed by atoms with Crippen molar-refractivity contribution in [1.29, 1.82) is 0 Å². The second-order valence-electron chi connectivity index (χ2n) is 3.43. The lowest BCUT2D eigenvalue weighted by Gasteiger charge is -2.10. The van der Waals surface area contributed by atoms with E-state index in [1.807, 2.05) is 6.92 Å². The van der Waals surface area contributed by atoms with E-state index in [4.69, 9.17) is 5.73 Å². The second-order valence-corrected chi connectivity index (χ2v) is 3.43. The SMILES string of the molecule is CCC(N)CNC(=O)c1cccc(O)c1. The molecule has 1 aromatic carbocycles. The molecule has 0 bridgehead atoms. The van der Waals surface area contributed by atoms with Crippen molar-refractivity contribution >= 4 is 5.91 Å². The van der Waals surface area contributed by atoms with Crippen LogP contribution in [-0.4, -0.2) is 23.6 Å². The fourth-order valence-corrected chi connectivity index (χ4v) is 1.12. The van der Waals surface area contributed by atoms with Gasteiger partial charge >= 0.3 is 0 Å². The van der Waals surface area contributed by atoms with E-state index in [-0.39, 0.29) is 17.7 Å². The summed E-state index contributed by atoms with van der Waals surface area (Å²) >= 11 is 0. The summed E-state index contributed by atoms with van der Waals surface area (Å²) in [5, 5.41) is 11.9. The maximum Gasteiger partial charge on any atom is 0.251 e. The fraction of sp³-hybridized carbons (Fsp3) is 0.364. The smallest absolute Gasteiger partial charge is 0.251 e. The molecule has 0 fully saturated rings. The molecule has 0 aliphatic rings. The summed E-state index contributed by atoms with van der Waals surface area (Å²) < 4.78 is 0. The third-order valence-corrected chi connectivity index (χ3v) is 2.16. The summed E-state index contributed by atoms with van der Waals surface area (Å²) in [4.78, 5) is 11.5. The van der Waals surface area contributed by atoms with Crippen molar-refractivity contribution in [3.05, 3.63) is 29.8 Å². The van der Waals surface area contributed by atoms with Crippen LogP contribution in [0.25, 0.3) is 0 Å². The molecule has 1 rings (SSSR count). The second kappa shape index (κ2) is 5.36. The highest BCUT2D eigenvalue weighted by Crippen LogP contribution is 2.10. The molecule has 0 spiro atoms. The predicted molar refractivity (Wildman–Crippen MR) is 58.7 cm³/mol. The molecule has 1 unspecified atom stereocenters. The Hall–Kier alpha value is -1.55. The zero-order valence-electron chi connectivity index (χ0n) is 8.73. The summed E-state index contributed by atoms with van der Waals surface area (Å²) in [6.07, 6.45) is 0.820. The number of benzene rings is 1. The quantitative estimate of drug-likeness (QED) is 0.687. The molecule has 4 N–H and O–H groups in total. The first-order valence-corrected chi connectivity index (χ1v) is 4.96. The number of nitrogens with two attached hydrogens (primary N) is 1. The molecule has 1 atom stereocenters. The zero-order valence-corrected chi connectivity index (χ0v) is 8.73. The fourth-order valence-electron chi connectivity index (χ4n) is 1.12. The molecule has 1 aromatic rings. The first-order valence-electron chi connectivity index (χ1n) is 4.96. The average molecular weight is 208 g/mol. The van der Waals surface area contributed by atoms with Crippen LogP contribution in [0.3, 0.4) is 0 Å². The highest BCUT2D eigenvalue weighted by Gasteiger charge is 2.07. The predicted octanol–water partition coefficient (Wildman–Crippen LogP) is 0.859. The van der Waals surface area contributed by atoms with Crippen molar-refractivity contribution in [2.75, 3.05) is 6.54 Å². The minimum atomic E-state index is -0.213. The van der Waals surface area contributed by atoms with Crippen LogP contribution < -0.4 is 11.1 Å². The third kappa shape index (κ3) is 3.59. The molecule has 0 heterocycles. The number of nitrogens with one attached hydrogen (secondary N) is 1. The lowest BCUT2D eigenvalue weighted by atomic mass is 10.2. The lowest BCUT2D eigenvalue weighted by Crippen LogP contribution is -2.36. The van der Waals surface area contributed by atoms with Crippen molar-refractivity contribution < 1.29 is 9.90 Å². The van der Waals surface area contributed by atoms with E-state index in [0.29, 0.717) is 12.1 Å². The van der Waals surface area contributed by atoms with Crippen molar-refractivity contribution in [3.63, 3.8) is 0 Å². The number of amides is 1. The Labute approximate surface area is 89.1 Å². The van der Waals surface area contributed by atoms with Crippen molar-refractivity contribution in [2.45, 2.75) is 19.4 Å². The normalized spacial score (nSPS) is 12.1. The van der Waals surface area contributed by atoms with Gasteiger partial charge in [-0.25, -0.2) is 0 Å². The number of hydrogen-bond acceptors (Lipinski definition) is 3. The molecular weight excluding hydrogens is 192 g/mol. The lowest BCUT2D eigenvalue weighted by molar-refractivity contribution is 0.0950. The molecule has 15 heavy (non-hydrogen) atoms. The van der Waals surface area contributed by atoms with Gasteiger partial charge in [0.05, 0.1) is 0 Å². The Morgan fingerprint density at radius 1 is 1.60 bits per heavy atom. The number of hydrogen-bond donors (Lipinski definition) is 3.